The molecule has 0 saturated carbocycles. The molecule has 0 atom stereocenters. The van der Waals surface area contributed by atoms with Crippen LogP contribution in [0.2, 0.25) is 0 Å². The van der Waals surface area contributed by atoms with Gasteiger partial charge in [-0.15, -0.1) is 0 Å². The van der Waals surface area contributed by atoms with E-state index < -0.39 is 0 Å². The van der Waals surface area contributed by atoms with E-state index in [0.29, 0.717) is 17.9 Å². The molecule has 88 valence electrons. The van der Waals surface area contributed by atoms with Crippen molar-refractivity contribution < 1.29 is 9.53 Å². The number of nitrogens with one attached hydrogen (secondary N) is 1. The molecular weight excluding hydrogens is 220 g/mol. The van der Waals surface area contributed by atoms with Crippen molar-refractivity contribution in [2.75, 3.05) is 0 Å². The Morgan fingerprint density at radius 3 is 2.94 bits per heavy atom. The van der Waals surface area contributed by atoms with Crippen LogP contribution in [0.15, 0.2) is 41.5 Å². The fraction of sp³-hybridized carbons (Fsp3) is 0.167. The second-order valence-electron chi connectivity index (χ2n) is 3.46. The summed E-state index contributed by atoms with van der Waals surface area (Å²) in [4.78, 5) is 25.1. The van der Waals surface area contributed by atoms with Gasteiger partial charge in [-0.3, -0.25) is 9.36 Å². The molecule has 1 N–H and O–H groups in total. The highest BCUT2D eigenvalue weighted by Crippen LogP contribution is 2.16. The van der Waals surface area contributed by atoms with Crippen molar-refractivity contribution in [3.8, 4) is 11.4 Å². The summed E-state index contributed by atoms with van der Waals surface area (Å²) < 4.78 is 6.51. The second kappa shape index (κ2) is 4.69. The van der Waals surface area contributed by atoms with E-state index in [1.165, 1.54) is 4.57 Å². The maximum atomic E-state index is 11.4. The van der Waals surface area contributed by atoms with Crippen molar-refractivity contribution in [2.24, 2.45) is 0 Å². The summed E-state index contributed by atoms with van der Waals surface area (Å²) in [6.45, 7) is 1.73. The molecule has 5 heteroatoms. The third-order valence-electron chi connectivity index (χ3n) is 2.27. The van der Waals surface area contributed by atoms with Crippen molar-refractivity contribution in [3.63, 3.8) is 0 Å². The van der Waals surface area contributed by atoms with E-state index in [1.54, 1.807) is 43.6 Å². The van der Waals surface area contributed by atoms with E-state index in [-0.39, 0.29) is 11.7 Å². The Morgan fingerprint density at radius 1 is 1.47 bits per heavy atom. The van der Waals surface area contributed by atoms with Crippen LogP contribution in [0.4, 0.5) is 0 Å². The second-order valence-corrected chi connectivity index (χ2v) is 3.46. The van der Waals surface area contributed by atoms with E-state index in [4.69, 9.17) is 4.74 Å². The first-order valence-electron chi connectivity index (χ1n) is 5.28. The van der Waals surface area contributed by atoms with Gasteiger partial charge in [0, 0.05) is 24.9 Å². The highest BCUT2D eigenvalue weighted by Gasteiger charge is 2.04. The van der Waals surface area contributed by atoms with E-state index in [2.05, 4.69) is 4.98 Å². The lowest BCUT2D eigenvalue weighted by Gasteiger charge is -2.05. The number of benzene rings is 1. The van der Waals surface area contributed by atoms with Crippen LogP contribution in [0.5, 0.6) is 5.75 Å². The summed E-state index contributed by atoms with van der Waals surface area (Å²) in [5.41, 5.74) is 0.418. The van der Waals surface area contributed by atoms with Gasteiger partial charge in [0.05, 0.1) is 5.69 Å². The largest absolute Gasteiger partial charge is 0.426 e. The average molecular weight is 232 g/mol. The van der Waals surface area contributed by atoms with Crippen LogP contribution in [0.25, 0.3) is 5.69 Å². The Hall–Kier alpha value is -2.30. The van der Waals surface area contributed by atoms with E-state index in [9.17, 15) is 9.59 Å². The first-order chi connectivity index (χ1) is 8.20. The first kappa shape index (κ1) is 11.2. The molecule has 0 bridgehead atoms. The molecule has 0 radical (unpaired) electrons. The minimum Gasteiger partial charge on any atom is -0.426 e. The molecule has 0 saturated heterocycles. The molecule has 0 fully saturated rings. The number of aromatic nitrogens is 2. The van der Waals surface area contributed by atoms with Crippen LogP contribution in [0.1, 0.15) is 13.3 Å². The predicted octanol–water partition coefficient (Wildman–Crippen LogP) is 1.48. The van der Waals surface area contributed by atoms with Gasteiger partial charge in [-0.1, -0.05) is 13.0 Å². The molecule has 0 spiro atoms. The predicted molar refractivity (Wildman–Crippen MR) is 62.3 cm³/mol. The molecule has 0 unspecified atom stereocenters. The number of carbonyl (C=O) groups is 1. The van der Waals surface area contributed by atoms with E-state index >= 15 is 0 Å². The minimum atomic E-state index is -0.302. The quantitative estimate of drug-likeness (QED) is 0.644. The zero-order valence-corrected chi connectivity index (χ0v) is 9.34. The molecule has 5 nitrogen and oxygen atoms in total. The van der Waals surface area contributed by atoms with Gasteiger partial charge in [0.1, 0.15) is 5.75 Å². The number of hydrogen-bond donors (Lipinski definition) is 1. The van der Waals surface area contributed by atoms with Crippen LogP contribution >= 0.6 is 0 Å². The molecular formula is C12H12N2O3. The standard InChI is InChI=1S/C12H12N2O3/c1-2-11(15)17-10-5-3-4-9(8-10)14-7-6-13-12(14)16/h3-8H,2H2,1H3,(H,13,16). The number of hydrogen-bond acceptors (Lipinski definition) is 3. The van der Waals surface area contributed by atoms with Crippen LogP contribution < -0.4 is 10.4 Å². The zero-order chi connectivity index (χ0) is 12.3. The molecule has 1 heterocycles. The minimum absolute atomic E-state index is 0.232. The molecule has 17 heavy (non-hydrogen) atoms. The van der Waals surface area contributed by atoms with Gasteiger partial charge in [0.2, 0.25) is 0 Å². The average Bonchev–Trinajstić information content (AvgIpc) is 2.75. The van der Waals surface area contributed by atoms with Gasteiger partial charge in [0.25, 0.3) is 0 Å². The van der Waals surface area contributed by atoms with Crippen LogP contribution in [0, 0.1) is 0 Å². The third-order valence-corrected chi connectivity index (χ3v) is 2.27. The van der Waals surface area contributed by atoms with Gasteiger partial charge in [-0.05, 0) is 12.1 Å². The highest BCUT2D eigenvalue weighted by molar-refractivity contribution is 5.72. The van der Waals surface area contributed by atoms with Crippen molar-refractivity contribution in [1.82, 2.24) is 9.55 Å². The van der Waals surface area contributed by atoms with Gasteiger partial charge in [0.15, 0.2) is 0 Å². The summed E-state index contributed by atoms with van der Waals surface area (Å²) >= 11 is 0. The normalized spacial score (nSPS) is 10.2. The lowest BCUT2D eigenvalue weighted by molar-refractivity contribution is -0.134. The summed E-state index contributed by atoms with van der Waals surface area (Å²) in [7, 11) is 0. The van der Waals surface area contributed by atoms with Crippen molar-refractivity contribution in [3.05, 3.63) is 47.1 Å². The van der Waals surface area contributed by atoms with E-state index in [1.807, 2.05) is 0 Å². The number of rotatable bonds is 3. The Bertz CT molecular complexity index is 583. The number of esters is 1. The van der Waals surface area contributed by atoms with E-state index in [0.717, 1.165) is 0 Å². The number of aromatic amines is 1. The number of imidazole rings is 1. The van der Waals surface area contributed by atoms with Crippen LogP contribution in [-0.2, 0) is 4.79 Å². The Balaban J connectivity index is 2.32. The maximum Gasteiger partial charge on any atom is 0.330 e. The lowest BCUT2D eigenvalue weighted by atomic mass is 10.3. The molecule has 0 aliphatic heterocycles. The summed E-state index contributed by atoms with van der Waals surface area (Å²) in [6, 6.07) is 6.81. The highest BCUT2D eigenvalue weighted by atomic mass is 16.5. The van der Waals surface area contributed by atoms with Crippen molar-refractivity contribution in [2.45, 2.75) is 13.3 Å². The monoisotopic (exact) mass is 232 g/mol. The molecule has 0 aliphatic carbocycles. The summed E-state index contributed by atoms with van der Waals surface area (Å²) in [5.74, 6) is 0.131. The Labute approximate surface area is 97.7 Å². The van der Waals surface area contributed by atoms with Crippen LogP contribution in [-0.4, -0.2) is 15.5 Å². The number of H-pyrrole nitrogens is 1. The number of nitrogens with zero attached hydrogens (tertiary/aromatic N) is 1. The SMILES string of the molecule is CCC(=O)Oc1cccc(-n2cc[nH]c2=O)c1. The topological polar surface area (TPSA) is 64.1 Å². The number of ether oxygens (including phenoxy) is 1. The Morgan fingerprint density at radius 2 is 2.29 bits per heavy atom. The van der Waals surface area contributed by atoms with Gasteiger partial charge in [-0.2, -0.15) is 0 Å². The third kappa shape index (κ3) is 2.44. The fourth-order valence-electron chi connectivity index (χ4n) is 1.42. The maximum absolute atomic E-state index is 11.4. The molecule has 2 aromatic rings. The zero-order valence-electron chi connectivity index (χ0n) is 9.34. The molecule has 0 amide bonds. The van der Waals surface area contributed by atoms with Gasteiger partial charge in [-0.25, -0.2) is 4.79 Å². The molecule has 2 rings (SSSR count). The van der Waals surface area contributed by atoms with Crippen LogP contribution in [0.3, 0.4) is 0 Å². The lowest BCUT2D eigenvalue weighted by Crippen LogP contribution is -2.14. The summed E-state index contributed by atoms with van der Waals surface area (Å²) in [5, 5.41) is 0. The smallest absolute Gasteiger partial charge is 0.330 e. The molecule has 1 aromatic heterocycles. The summed E-state index contributed by atoms with van der Waals surface area (Å²) in [6.07, 6.45) is 3.48. The fourth-order valence-corrected chi connectivity index (χ4v) is 1.42. The van der Waals surface area contributed by atoms with Crippen molar-refractivity contribution in [1.29, 1.82) is 0 Å². The van der Waals surface area contributed by atoms with Gasteiger partial charge < -0.3 is 9.72 Å². The first-order valence-corrected chi connectivity index (χ1v) is 5.28. The Kier molecular flexibility index (Phi) is 3.09. The molecule has 0 aliphatic rings. The number of carbonyl (C=O) groups excluding carboxylic acids is 1. The van der Waals surface area contributed by atoms with Gasteiger partial charge >= 0.3 is 11.7 Å². The molecule has 1 aromatic carbocycles. The van der Waals surface area contributed by atoms with Crippen molar-refractivity contribution >= 4 is 5.97 Å².